The van der Waals surface area contributed by atoms with Crippen molar-refractivity contribution in [1.29, 1.82) is 0 Å². The molecule has 1 aromatic rings. The number of hydrogen-bond donors (Lipinski definition) is 0. The van der Waals surface area contributed by atoms with Crippen LogP contribution in [0.3, 0.4) is 0 Å². The van der Waals surface area contributed by atoms with Gasteiger partial charge in [0.25, 0.3) is 0 Å². The van der Waals surface area contributed by atoms with Crippen molar-refractivity contribution < 1.29 is 12.8 Å². The first-order valence-corrected chi connectivity index (χ1v) is 6.42. The van der Waals surface area contributed by atoms with Gasteiger partial charge in [-0.1, -0.05) is 18.2 Å². The Kier molecular flexibility index (Phi) is 2.75. The fourth-order valence-electron chi connectivity index (χ4n) is 1.69. The second-order valence-electron chi connectivity index (χ2n) is 3.59. The summed E-state index contributed by atoms with van der Waals surface area (Å²) in [6.45, 7) is 0.645. The molecule has 82 valence electrons. The number of benzene rings is 1. The van der Waals surface area contributed by atoms with Crippen LogP contribution in [0.4, 0.5) is 4.39 Å². The summed E-state index contributed by atoms with van der Waals surface area (Å²) in [6.07, 6.45) is 0.636. The van der Waals surface area contributed by atoms with Crippen molar-refractivity contribution in [3.63, 3.8) is 0 Å². The molecule has 1 aliphatic rings. The summed E-state index contributed by atoms with van der Waals surface area (Å²) < 4.78 is 37.6. The zero-order valence-corrected chi connectivity index (χ0v) is 9.00. The van der Waals surface area contributed by atoms with Gasteiger partial charge in [-0.05, 0) is 12.5 Å². The summed E-state index contributed by atoms with van der Waals surface area (Å²) in [4.78, 5) is 0. The average molecular weight is 229 g/mol. The Labute approximate surface area is 88.6 Å². The van der Waals surface area contributed by atoms with Gasteiger partial charge in [-0.2, -0.15) is 4.31 Å². The van der Waals surface area contributed by atoms with Crippen molar-refractivity contribution in [2.75, 3.05) is 12.3 Å². The van der Waals surface area contributed by atoms with Gasteiger partial charge in [0.1, 0.15) is 5.82 Å². The molecule has 1 saturated heterocycles. The fourth-order valence-corrected chi connectivity index (χ4v) is 3.18. The van der Waals surface area contributed by atoms with Crippen LogP contribution in [0.1, 0.15) is 12.0 Å². The van der Waals surface area contributed by atoms with Crippen LogP contribution in [0.5, 0.6) is 0 Å². The molecular weight excluding hydrogens is 217 g/mol. The Morgan fingerprint density at radius 3 is 2.67 bits per heavy atom. The minimum Gasteiger partial charge on any atom is -0.212 e. The molecule has 3 nitrogen and oxygen atoms in total. The van der Waals surface area contributed by atoms with E-state index in [-0.39, 0.29) is 18.1 Å². The van der Waals surface area contributed by atoms with Gasteiger partial charge >= 0.3 is 0 Å². The molecule has 0 radical (unpaired) electrons. The topological polar surface area (TPSA) is 37.4 Å². The third kappa shape index (κ3) is 2.18. The molecule has 0 aliphatic carbocycles. The Bertz CT molecular complexity index is 458. The van der Waals surface area contributed by atoms with E-state index in [2.05, 4.69) is 0 Å². The van der Waals surface area contributed by atoms with E-state index in [9.17, 15) is 12.8 Å². The molecule has 1 fully saturated rings. The Morgan fingerprint density at radius 1 is 1.33 bits per heavy atom. The maximum absolute atomic E-state index is 13.3. The summed E-state index contributed by atoms with van der Waals surface area (Å²) in [6, 6.07) is 6.26. The standard InChI is InChI=1S/C10H12FNO2S/c11-10-5-2-1-4-9(10)8-12-6-3-7-15(12,13)14/h1-2,4-5H,3,6-8H2. The Hall–Kier alpha value is -0.940. The fraction of sp³-hybridized carbons (Fsp3) is 0.400. The number of halogens is 1. The van der Waals surface area contributed by atoms with Crippen LogP contribution in [-0.4, -0.2) is 25.0 Å². The van der Waals surface area contributed by atoms with Gasteiger partial charge < -0.3 is 0 Å². The highest BCUT2D eigenvalue weighted by Crippen LogP contribution is 2.18. The van der Waals surface area contributed by atoms with E-state index in [1.54, 1.807) is 18.2 Å². The lowest BCUT2D eigenvalue weighted by Gasteiger charge is -2.14. The lowest BCUT2D eigenvalue weighted by atomic mass is 10.2. The Morgan fingerprint density at radius 2 is 2.07 bits per heavy atom. The van der Waals surface area contributed by atoms with Crippen LogP contribution in [-0.2, 0) is 16.6 Å². The van der Waals surface area contributed by atoms with Crippen LogP contribution in [0.2, 0.25) is 0 Å². The van der Waals surface area contributed by atoms with Gasteiger partial charge in [0, 0.05) is 18.7 Å². The molecule has 0 atom stereocenters. The molecule has 5 heteroatoms. The van der Waals surface area contributed by atoms with Crippen LogP contribution >= 0.6 is 0 Å². The van der Waals surface area contributed by atoms with Gasteiger partial charge in [0.2, 0.25) is 10.0 Å². The SMILES string of the molecule is O=S1(=O)CCCN1Cc1ccccc1F. The summed E-state index contributed by atoms with van der Waals surface area (Å²) >= 11 is 0. The third-order valence-corrected chi connectivity index (χ3v) is 4.41. The quantitative estimate of drug-likeness (QED) is 0.768. The van der Waals surface area contributed by atoms with Gasteiger partial charge in [-0.15, -0.1) is 0 Å². The van der Waals surface area contributed by atoms with Crippen molar-refractivity contribution >= 4 is 10.0 Å². The van der Waals surface area contributed by atoms with Crippen molar-refractivity contribution in [2.45, 2.75) is 13.0 Å². The number of nitrogens with zero attached hydrogens (tertiary/aromatic N) is 1. The molecule has 0 aromatic heterocycles. The molecule has 15 heavy (non-hydrogen) atoms. The van der Waals surface area contributed by atoms with E-state index < -0.39 is 10.0 Å². The van der Waals surface area contributed by atoms with Crippen molar-refractivity contribution in [3.8, 4) is 0 Å². The van der Waals surface area contributed by atoms with Crippen LogP contribution in [0, 0.1) is 5.82 Å². The number of sulfonamides is 1. The molecule has 0 unspecified atom stereocenters. The van der Waals surface area contributed by atoms with E-state index in [1.165, 1.54) is 10.4 Å². The van der Waals surface area contributed by atoms with Gasteiger partial charge in [-0.3, -0.25) is 0 Å². The maximum Gasteiger partial charge on any atom is 0.214 e. The molecular formula is C10H12FNO2S. The third-order valence-electron chi connectivity index (χ3n) is 2.51. The normalized spacial score (nSPS) is 20.6. The summed E-state index contributed by atoms with van der Waals surface area (Å²) in [5.41, 5.74) is 0.433. The lowest BCUT2D eigenvalue weighted by Crippen LogP contribution is -2.25. The minimum absolute atomic E-state index is 0.148. The molecule has 0 saturated carbocycles. The van der Waals surface area contributed by atoms with Gasteiger partial charge in [-0.25, -0.2) is 12.8 Å². The first kappa shape index (κ1) is 10.6. The van der Waals surface area contributed by atoms with Crippen molar-refractivity contribution in [1.82, 2.24) is 4.31 Å². The van der Waals surface area contributed by atoms with E-state index >= 15 is 0 Å². The molecule has 0 bridgehead atoms. The summed E-state index contributed by atoms with van der Waals surface area (Å²) in [5, 5.41) is 0. The molecule has 1 heterocycles. The van der Waals surface area contributed by atoms with Crippen LogP contribution in [0.25, 0.3) is 0 Å². The highest BCUT2D eigenvalue weighted by molar-refractivity contribution is 7.89. The predicted octanol–water partition coefficient (Wildman–Crippen LogP) is 1.36. The largest absolute Gasteiger partial charge is 0.214 e. The monoisotopic (exact) mass is 229 g/mol. The van der Waals surface area contributed by atoms with E-state index in [4.69, 9.17) is 0 Å². The highest BCUT2D eigenvalue weighted by atomic mass is 32.2. The molecule has 0 N–H and O–H groups in total. The second kappa shape index (κ2) is 3.90. The van der Waals surface area contributed by atoms with Crippen molar-refractivity contribution in [3.05, 3.63) is 35.6 Å². The van der Waals surface area contributed by atoms with Crippen molar-refractivity contribution in [2.24, 2.45) is 0 Å². The molecule has 2 rings (SSSR count). The number of rotatable bonds is 2. The lowest BCUT2D eigenvalue weighted by molar-refractivity contribution is 0.430. The highest BCUT2D eigenvalue weighted by Gasteiger charge is 2.28. The smallest absolute Gasteiger partial charge is 0.212 e. The Balaban J connectivity index is 2.20. The molecule has 0 amide bonds. The minimum atomic E-state index is -3.14. The first-order chi connectivity index (χ1) is 7.09. The summed E-state index contributed by atoms with van der Waals surface area (Å²) in [5.74, 6) is -0.166. The zero-order valence-electron chi connectivity index (χ0n) is 8.19. The van der Waals surface area contributed by atoms with E-state index in [1.807, 2.05) is 0 Å². The van der Waals surface area contributed by atoms with E-state index in [0.717, 1.165) is 0 Å². The van der Waals surface area contributed by atoms with Gasteiger partial charge in [0.15, 0.2) is 0 Å². The molecule has 1 aromatic carbocycles. The summed E-state index contributed by atoms with van der Waals surface area (Å²) in [7, 11) is -3.14. The zero-order chi connectivity index (χ0) is 10.9. The molecule has 1 aliphatic heterocycles. The first-order valence-electron chi connectivity index (χ1n) is 4.81. The second-order valence-corrected chi connectivity index (χ2v) is 5.68. The van der Waals surface area contributed by atoms with Gasteiger partial charge in [0.05, 0.1) is 5.75 Å². The maximum atomic E-state index is 13.3. The van der Waals surface area contributed by atoms with Crippen LogP contribution < -0.4 is 0 Å². The predicted molar refractivity (Wildman–Crippen MR) is 55.2 cm³/mol. The van der Waals surface area contributed by atoms with Crippen LogP contribution in [0.15, 0.2) is 24.3 Å². The molecule has 0 spiro atoms. The average Bonchev–Trinajstić information content (AvgIpc) is 2.50. The van der Waals surface area contributed by atoms with E-state index in [0.29, 0.717) is 18.5 Å². The number of hydrogen-bond acceptors (Lipinski definition) is 2.